The van der Waals surface area contributed by atoms with Crippen LogP contribution in [-0.4, -0.2) is 14.0 Å². The van der Waals surface area contributed by atoms with Gasteiger partial charge in [0.15, 0.2) is 23.8 Å². The van der Waals surface area contributed by atoms with Crippen LogP contribution in [0.15, 0.2) is 48.8 Å². The van der Waals surface area contributed by atoms with E-state index in [9.17, 15) is 0 Å². The van der Waals surface area contributed by atoms with E-state index in [-0.39, 0.29) is 0 Å². The molecule has 0 fully saturated rings. The summed E-state index contributed by atoms with van der Waals surface area (Å²) in [6.07, 6.45) is 8.13. The molecule has 0 saturated carbocycles. The van der Waals surface area contributed by atoms with E-state index in [1.807, 2.05) is 0 Å². The number of rotatable bonds is 6. The Kier molecular flexibility index (Phi) is 8.81. The number of hydrogen-bond donors (Lipinski definition) is 3. The van der Waals surface area contributed by atoms with Crippen molar-refractivity contribution in [2.24, 2.45) is 0 Å². The first-order valence-electron chi connectivity index (χ1n) is 7.83. The van der Waals surface area contributed by atoms with E-state index in [1.165, 1.54) is 30.7 Å². The van der Waals surface area contributed by atoms with E-state index in [0.717, 1.165) is 13.1 Å². The molecular formula is C17H27ClN2O4+2. The van der Waals surface area contributed by atoms with Gasteiger partial charge in [-0.2, -0.15) is 0 Å². The van der Waals surface area contributed by atoms with Gasteiger partial charge in [-0.05, 0) is 6.42 Å². The first kappa shape index (κ1) is 20.5. The number of unbranched alkanes of at least 4 members (excludes halogenated alkanes) is 2. The quantitative estimate of drug-likeness (QED) is 0.496. The van der Waals surface area contributed by atoms with Crippen molar-refractivity contribution in [1.82, 2.24) is 0 Å². The van der Waals surface area contributed by atoms with Gasteiger partial charge in [-0.3, -0.25) is 0 Å². The molecule has 2 heterocycles. The fourth-order valence-electron chi connectivity index (χ4n) is 2.37. The van der Waals surface area contributed by atoms with E-state index in [2.05, 4.69) is 71.8 Å². The summed E-state index contributed by atoms with van der Waals surface area (Å²) in [4.78, 5) is 0. The summed E-state index contributed by atoms with van der Waals surface area (Å²) in [5.74, 6) is 0. The van der Waals surface area contributed by atoms with E-state index in [1.54, 1.807) is 0 Å². The van der Waals surface area contributed by atoms with Crippen LogP contribution in [0.3, 0.4) is 0 Å². The molecule has 0 aliphatic carbocycles. The van der Waals surface area contributed by atoms with E-state index < -0.39 is 10.2 Å². The molecule has 0 bridgehead atoms. The molecule has 2 rings (SSSR count). The summed E-state index contributed by atoms with van der Waals surface area (Å²) in [6, 6.07) is 12.8. The molecule has 0 saturated heterocycles. The zero-order chi connectivity index (χ0) is 18.0. The molecule has 0 amide bonds. The van der Waals surface area contributed by atoms with Crippen LogP contribution in [0.4, 0.5) is 0 Å². The zero-order valence-corrected chi connectivity index (χ0v) is 14.9. The molecule has 0 radical (unpaired) electrons. The maximum absolute atomic E-state index is 8.83. The first-order valence-corrected chi connectivity index (χ1v) is 9.16. The number of nitrogens with zero attached hydrogens (tertiary/aromatic N) is 2. The maximum atomic E-state index is 8.83. The Bertz CT molecular complexity index is 564. The predicted molar refractivity (Wildman–Crippen MR) is 83.3 cm³/mol. The fraction of sp³-hybridized carbons (Fsp3) is 0.412. The number of pyridine rings is 2. The molecule has 6 nitrogen and oxygen atoms in total. The van der Waals surface area contributed by atoms with Crippen molar-refractivity contribution in [2.45, 2.75) is 46.2 Å². The molecule has 0 aromatic carbocycles. The normalized spacial score (nSPS) is 11.6. The molecule has 2 aromatic rings. The van der Waals surface area contributed by atoms with Crippen molar-refractivity contribution in [2.75, 3.05) is 0 Å². The van der Waals surface area contributed by atoms with Crippen LogP contribution >= 0.6 is 0 Å². The summed E-state index contributed by atoms with van der Waals surface area (Å²) in [7, 11) is -4.19. The zero-order valence-electron chi connectivity index (χ0n) is 14.2. The molecule has 7 heteroatoms. The molecule has 0 spiro atoms. The van der Waals surface area contributed by atoms with Crippen LogP contribution in [0, 0.1) is 24.1 Å². The van der Waals surface area contributed by atoms with Crippen molar-refractivity contribution in [3.8, 4) is 0 Å². The van der Waals surface area contributed by atoms with Crippen LogP contribution in [0.5, 0.6) is 0 Å². The number of aryl methyl sites for hydroxylation is 4. The Morgan fingerprint density at radius 1 is 0.792 bits per heavy atom. The summed E-state index contributed by atoms with van der Waals surface area (Å²) in [6.45, 7) is 6.60. The summed E-state index contributed by atoms with van der Waals surface area (Å²) in [5.41, 5.74) is 2.69. The van der Waals surface area contributed by atoms with Crippen molar-refractivity contribution in [3.63, 3.8) is 0 Å². The molecule has 2 aromatic heterocycles. The van der Waals surface area contributed by atoms with Gasteiger partial charge in [0.25, 0.3) is 0 Å². The van der Waals surface area contributed by atoms with Gasteiger partial charge < -0.3 is 0 Å². The molecular weight excluding hydrogens is 332 g/mol. The third kappa shape index (κ3) is 9.54. The third-order valence-electron chi connectivity index (χ3n) is 3.63. The molecule has 24 heavy (non-hydrogen) atoms. The Morgan fingerprint density at radius 3 is 1.50 bits per heavy atom. The van der Waals surface area contributed by atoms with Crippen LogP contribution < -0.4 is 13.8 Å². The second-order valence-electron chi connectivity index (χ2n) is 5.57. The Morgan fingerprint density at radius 2 is 1.17 bits per heavy atom. The van der Waals surface area contributed by atoms with Crippen LogP contribution in [0.25, 0.3) is 0 Å². The predicted octanol–water partition coefficient (Wildman–Crippen LogP) is -0.111. The van der Waals surface area contributed by atoms with Crippen molar-refractivity contribution < 1.29 is 38.0 Å². The SMILES string of the molecule is Cc1cccc[n+]1CCCCC[n+]1ccccc1C.[O-][Cl+](O)(O)O. The van der Waals surface area contributed by atoms with Gasteiger partial charge >= 0.3 is 28.9 Å². The summed E-state index contributed by atoms with van der Waals surface area (Å²) >= 11 is 0. The van der Waals surface area contributed by atoms with Crippen LogP contribution in [-0.2, 0) is 13.1 Å². The van der Waals surface area contributed by atoms with Gasteiger partial charge in [0.2, 0.25) is 0 Å². The molecule has 3 N–H and O–H groups in total. The number of halogens is 1. The summed E-state index contributed by atoms with van der Waals surface area (Å²) in [5, 5.41) is 0. The second-order valence-corrected chi connectivity index (χ2v) is 6.43. The number of aromatic nitrogens is 2. The Hall–Kier alpha value is -1.57. The van der Waals surface area contributed by atoms with Crippen molar-refractivity contribution in [1.29, 1.82) is 0 Å². The van der Waals surface area contributed by atoms with E-state index >= 15 is 0 Å². The fourth-order valence-corrected chi connectivity index (χ4v) is 2.37. The third-order valence-corrected chi connectivity index (χ3v) is 3.63. The standard InChI is InChI=1S/C17H24N2.ClH3O4/c1-16-10-4-8-14-18(16)12-6-3-7-13-19-15-9-5-11-17(19)2;2-1(3,4)5/h4-5,8-11,14-15H,3,6-7,12-13H2,1-2H3;2-4H/q+2;. The minimum absolute atomic E-state index is 1.13. The average Bonchev–Trinajstić information content (AvgIpc) is 2.49. The molecule has 0 atom stereocenters. The molecule has 0 aliphatic rings. The van der Waals surface area contributed by atoms with Crippen molar-refractivity contribution >= 4 is 0 Å². The van der Waals surface area contributed by atoms with E-state index in [0.29, 0.717) is 0 Å². The number of hydrogen-bond acceptors (Lipinski definition) is 4. The average molecular weight is 359 g/mol. The van der Waals surface area contributed by atoms with E-state index in [4.69, 9.17) is 18.6 Å². The van der Waals surface area contributed by atoms with Crippen molar-refractivity contribution in [3.05, 3.63) is 60.2 Å². The first-order chi connectivity index (χ1) is 11.3. The molecule has 0 unspecified atom stereocenters. The van der Waals surface area contributed by atoms with Gasteiger partial charge in [-0.1, -0.05) is 12.1 Å². The topological polar surface area (TPSA) is 91.5 Å². The Balaban J connectivity index is 0.000000505. The van der Waals surface area contributed by atoms with Gasteiger partial charge in [0.1, 0.15) is 13.1 Å². The van der Waals surface area contributed by atoms with Gasteiger partial charge in [0.05, 0.1) is 0 Å². The summed E-state index contributed by atoms with van der Waals surface area (Å²) < 4.78 is 34.9. The second kappa shape index (κ2) is 10.3. The monoisotopic (exact) mass is 358 g/mol. The molecule has 134 valence electrons. The van der Waals surface area contributed by atoms with Crippen LogP contribution in [0.1, 0.15) is 30.7 Å². The van der Waals surface area contributed by atoms with Gasteiger partial charge in [-0.15, -0.1) is 0 Å². The molecule has 0 aliphatic heterocycles. The van der Waals surface area contributed by atoms with Gasteiger partial charge in [-0.25, -0.2) is 9.13 Å². The Labute approximate surface area is 145 Å². The van der Waals surface area contributed by atoms with Crippen LogP contribution in [0.2, 0.25) is 0 Å². The minimum atomic E-state index is -4.19. The van der Waals surface area contributed by atoms with Gasteiger partial charge in [0, 0.05) is 51.0 Å².